The molecule has 2 aromatic carbocycles. The molecule has 40 heavy (non-hydrogen) atoms. The molecule has 1 aromatic heterocycles. The van der Waals surface area contributed by atoms with Gasteiger partial charge < -0.3 is 26.2 Å². The molecule has 4 N–H and O–H groups in total. The summed E-state index contributed by atoms with van der Waals surface area (Å²) in [6, 6.07) is 17.9. The topological polar surface area (TPSA) is 121 Å². The molecule has 3 aromatic rings. The molecule has 2 heterocycles. The lowest BCUT2D eigenvalue weighted by Crippen LogP contribution is -2.49. The Kier molecular flexibility index (Phi) is 8.62. The predicted octanol–water partition coefficient (Wildman–Crippen LogP) is 3.95. The molecule has 5 rings (SSSR count). The van der Waals surface area contributed by atoms with E-state index in [1.165, 1.54) is 6.20 Å². The fourth-order valence-electron chi connectivity index (χ4n) is 5.20. The van der Waals surface area contributed by atoms with Gasteiger partial charge in [-0.3, -0.25) is 14.4 Å². The van der Waals surface area contributed by atoms with Gasteiger partial charge in [0, 0.05) is 55.6 Å². The van der Waals surface area contributed by atoms with Crippen molar-refractivity contribution in [1.82, 2.24) is 15.2 Å². The molecule has 0 unspecified atom stereocenters. The summed E-state index contributed by atoms with van der Waals surface area (Å²) < 4.78 is 0. The molecule has 0 radical (unpaired) electrons. The Morgan fingerprint density at radius 1 is 0.825 bits per heavy atom. The van der Waals surface area contributed by atoms with E-state index in [0.29, 0.717) is 53.7 Å². The highest BCUT2D eigenvalue weighted by atomic mass is 35.5. The first-order valence-corrected chi connectivity index (χ1v) is 14.0. The van der Waals surface area contributed by atoms with Gasteiger partial charge in [0.2, 0.25) is 0 Å². The lowest BCUT2D eigenvalue weighted by molar-refractivity contribution is 0.0746. The van der Waals surface area contributed by atoms with Crippen LogP contribution in [0.3, 0.4) is 0 Å². The van der Waals surface area contributed by atoms with Crippen molar-refractivity contribution in [1.29, 1.82) is 0 Å². The average Bonchev–Trinajstić information content (AvgIpc) is 2.99. The Morgan fingerprint density at radius 3 is 2.20 bits per heavy atom. The van der Waals surface area contributed by atoms with Gasteiger partial charge in [0.1, 0.15) is 5.15 Å². The third-order valence-electron chi connectivity index (χ3n) is 7.53. The van der Waals surface area contributed by atoms with Crippen LogP contribution in [0.25, 0.3) is 0 Å². The van der Waals surface area contributed by atoms with E-state index in [1.54, 1.807) is 41.3 Å². The Balaban J connectivity index is 1.32. The number of hydrogen-bond donors (Lipinski definition) is 3. The Bertz CT molecular complexity index is 1350. The summed E-state index contributed by atoms with van der Waals surface area (Å²) in [5, 5.41) is 6.48. The van der Waals surface area contributed by atoms with E-state index >= 15 is 0 Å². The number of carbonyl (C=O) groups is 3. The molecule has 3 amide bonds. The second-order valence-corrected chi connectivity index (χ2v) is 10.7. The second kappa shape index (κ2) is 12.5. The molecular weight excluding hydrogens is 528 g/mol. The standard InChI is InChI=1S/C30H33ClN6O3/c31-27-13-7-22(19-33-27)30(40)37-16-14-36(15-17-37)26-12-6-21(29(39)34-24-10-8-23(32)9-11-24)18-25(26)35-28(38)20-4-2-1-3-5-20/h1-7,12-13,18-19,23-24H,8-11,14-17,32H2,(H,34,39)(H,35,38). The highest BCUT2D eigenvalue weighted by molar-refractivity contribution is 6.29. The smallest absolute Gasteiger partial charge is 0.255 e. The Morgan fingerprint density at radius 2 is 1.52 bits per heavy atom. The fourth-order valence-corrected chi connectivity index (χ4v) is 5.32. The Hall–Kier alpha value is -3.95. The summed E-state index contributed by atoms with van der Waals surface area (Å²) in [6.07, 6.45) is 4.99. The molecule has 1 aliphatic carbocycles. The molecule has 0 bridgehead atoms. The second-order valence-electron chi connectivity index (χ2n) is 10.3. The van der Waals surface area contributed by atoms with Crippen molar-refractivity contribution < 1.29 is 14.4 Å². The van der Waals surface area contributed by atoms with Crippen molar-refractivity contribution in [2.24, 2.45) is 5.73 Å². The number of carbonyl (C=O) groups excluding carboxylic acids is 3. The number of hydrogen-bond acceptors (Lipinski definition) is 6. The SMILES string of the molecule is NC1CCC(NC(=O)c2ccc(N3CCN(C(=O)c4ccc(Cl)nc4)CC3)c(NC(=O)c3ccccc3)c2)CC1. The zero-order valence-corrected chi connectivity index (χ0v) is 22.9. The zero-order chi connectivity index (χ0) is 28.1. The largest absolute Gasteiger partial charge is 0.366 e. The highest BCUT2D eigenvalue weighted by Gasteiger charge is 2.26. The minimum atomic E-state index is -0.260. The summed E-state index contributed by atoms with van der Waals surface area (Å²) in [5.41, 5.74) is 8.85. The van der Waals surface area contributed by atoms with Gasteiger partial charge in [-0.2, -0.15) is 0 Å². The molecule has 1 saturated carbocycles. The number of amides is 3. The number of nitrogens with one attached hydrogen (secondary N) is 2. The number of nitrogens with zero attached hydrogens (tertiary/aromatic N) is 3. The number of pyridine rings is 1. The van der Waals surface area contributed by atoms with Crippen molar-refractivity contribution in [2.45, 2.75) is 37.8 Å². The number of halogens is 1. The maximum absolute atomic E-state index is 13.1. The van der Waals surface area contributed by atoms with Crippen molar-refractivity contribution >= 4 is 40.7 Å². The lowest BCUT2D eigenvalue weighted by atomic mass is 9.91. The van der Waals surface area contributed by atoms with Crippen molar-refractivity contribution in [3.05, 3.63) is 88.7 Å². The van der Waals surface area contributed by atoms with Crippen LogP contribution in [0.15, 0.2) is 66.9 Å². The zero-order valence-electron chi connectivity index (χ0n) is 22.2. The molecule has 2 fully saturated rings. The molecular formula is C30H33ClN6O3. The van der Waals surface area contributed by atoms with Crippen LogP contribution in [-0.2, 0) is 0 Å². The van der Waals surface area contributed by atoms with E-state index < -0.39 is 0 Å². The van der Waals surface area contributed by atoms with E-state index in [2.05, 4.69) is 20.5 Å². The molecule has 9 nitrogen and oxygen atoms in total. The first-order chi connectivity index (χ1) is 19.4. The van der Waals surface area contributed by atoms with Crippen LogP contribution < -0.4 is 21.3 Å². The van der Waals surface area contributed by atoms with E-state index in [9.17, 15) is 14.4 Å². The van der Waals surface area contributed by atoms with Gasteiger partial charge in [0.15, 0.2) is 0 Å². The summed E-state index contributed by atoms with van der Waals surface area (Å²) in [5.74, 6) is -0.531. The number of nitrogens with two attached hydrogens (primary N) is 1. The number of benzene rings is 2. The molecule has 2 aliphatic rings. The maximum Gasteiger partial charge on any atom is 0.255 e. The van der Waals surface area contributed by atoms with Gasteiger partial charge in [-0.15, -0.1) is 0 Å². The van der Waals surface area contributed by atoms with Crippen LogP contribution in [0.1, 0.15) is 56.8 Å². The maximum atomic E-state index is 13.1. The summed E-state index contributed by atoms with van der Waals surface area (Å²) in [6.45, 7) is 2.13. The highest BCUT2D eigenvalue weighted by Crippen LogP contribution is 2.30. The summed E-state index contributed by atoms with van der Waals surface area (Å²) >= 11 is 5.86. The van der Waals surface area contributed by atoms with Gasteiger partial charge in [0.25, 0.3) is 17.7 Å². The minimum Gasteiger partial charge on any atom is -0.366 e. The first-order valence-electron chi connectivity index (χ1n) is 13.6. The molecule has 1 aliphatic heterocycles. The van der Waals surface area contributed by atoms with E-state index in [0.717, 1.165) is 31.4 Å². The van der Waals surface area contributed by atoms with Crippen molar-refractivity contribution in [3.63, 3.8) is 0 Å². The fraction of sp³-hybridized carbons (Fsp3) is 0.333. The van der Waals surface area contributed by atoms with Crippen LogP contribution in [0.5, 0.6) is 0 Å². The molecule has 10 heteroatoms. The Labute approximate surface area is 238 Å². The number of rotatable bonds is 6. The minimum absolute atomic E-state index is 0.0933. The van der Waals surface area contributed by atoms with Crippen molar-refractivity contribution in [3.8, 4) is 0 Å². The van der Waals surface area contributed by atoms with Gasteiger partial charge in [-0.05, 0) is 68.1 Å². The monoisotopic (exact) mass is 560 g/mol. The predicted molar refractivity (Wildman–Crippen MR) is 156 cm³/mol. The molecule has 208 valence electrons. The molecule has 1 saturated heterocycles. The van der Waals surface area contributed by atoms with Crippen LogP contribution >= 0.6 is 11.6 Å². The van der Waals surface area contributed by atoms with Crippen LogP contribution in [-0.4, -0.2) is 65.9 Å². The number of piperazine rings is 1. The molecule has 0 spiro atoms. The third kappa shape index (κ3) is 6.60. The van der Waals surface area contributed by atoms with E-state index in [4.69, 9.17) is 17.3 Å². The van der Waals surface area contributed by atoms with Crippen LogP contribution in [0.2, 0.25) is 5.15 Å². The average molecular weight is 561 g/mol. The normalized spacial score (nSPS) is 19.1. The number of aromatic nitrogens is 1. The van der Waals surface area contributed by atoms with Gasteiger partial charge in [-0.25, -0.2) is 4.98 Å². The molecule has 0 atom stereocenters. The van der Waals surface area contributed by atoms with E-state index in [-0.39, 0.29) is 29.8 Å². The first kappa shape index (κ1) is 27.6. The van der Waals surface area contributed by atoms with E-state index in [1.807, 2.05) is 24.3 Å². The summed E-state index contributed by atoms with van der Waals surface area (Å²) in [7, 11) is 0. The third-order valence-corrected chi connectivity index (χ3v) is 7.76. The van der Waals surface area contributed by atoms with Gasteiger partial charge in [0.05, 0.1) is 16.9 Å². The van der Waals surface area contributed by atoms with Gasteiger partial charge in [-0.1, -0.05) is 29.8 Å². The van der Waals surface area contributed by atoms with Crippen LogP contribution in [0.4, 0.5) is 11.4 Å². The van der Waals surface area contributed by atoms with Crippen molar-refractivity contribution in [2.75, 3.05) is 36.4 Å². The lowest BCUT2D eigenvalue weighted by Gasteiger charge is -2.37. The summed E-state index contributed by atoms with van der Waals surface area (Å²) in [4.78, 5) is 47.1. The van der Waals surface area contributed by atoms with Gasteiger partial charge >= 0.3 is 0 Å². The van der Waals surface area contributed by atoms with Crippen LogP contribution in [0, 0.1) is 0 Å². The number of anilines is 2. The quantitative estimate of drug-likeness (QED) is 0.393.